The summed E-state index contributed by atoms with van der Waals surface area (Å²) >= 11 is 0. The van der Waals surface area contributed by atoms with Crippen LogP contribution < -0.4 is 0 Å². The molecule has 0 atom stereocenters. The number of aromatic hydroxyl groups is 2. The zero-order valence-corrected chi connectivity index (χ0v) is 11.3. The van der Waals surface area contributed by atoms with Crippen LogP contribution in [0.4, 0.5) is 0 Å². The maximum absolute atomic E-state index is 11.9. The van der Waals surface area contributed by atoms with Crippen LogP contribution in [0.5, 0.6) is 11.5 Å². The average molecular weight is 266 g/mol. The quantitative estimate of drug-likeness (QED) is 0.592. The topological polar surface area (TPSA) is 81.1 Å². The van der Waals surface area contributed by atoms with Crippen LogP contribution in [0.25, 0.3) is 0 Å². The number of nitrogens with zero attached hydrogens (tertiary/aromatic N) is 2. The fourth-order valence-electron chi connectivity index (χ4n) is 1.46. The first kappa shape index (κ1) is 15.0. The van der Waals surface area contributed by atoms with Crippen LogP contribution in [0.3, 0.4) is 0 Å². The highest BCUT2D eigenvalue weighted by atomic mass is 16.3. The molecule has 1 amide bonds. The molecule has 0 radical (unpaired) electrons. The van der Waals surface area contributed by atoms with Crippen molar-refractivity contribution in [3.8, 4) is 11.5 Å². The predicted molar refractivity (Wildman–Crippen MR) is 70.3 cm³/mol. The minimum absolute atomic E-state index is 0.0593. The number of likely N-dealkylation sites (N-methyl/N-ethyl adjacent to an activating group) is 2. The number of Topliss-reactive ketones (excluding diaryl/α,β-unsaturated/α-hetero) is 1. The summed E-state index contributed by atoms with van der Waals surface area (Å²) in [6.07, 6.45) is 0. The third-order valence-electron chi connectivity index (χ3n) is 2.61. The second kappa shape index (κ2) is 6.19. The van der Waals surface area contributed by atoms with Crippen LogP contribution >= 0.6 is 0 Å². The highest BCUT2D eigenvalue weighted by Crippen LogP contribution is 2.25. The number of phenols is 2. The zero-order valence-electron chi connectivity index (χ0n) is 11.3. The normalized spacial score (nSPS) is 10.5. The maximum Gasteiger partial charge on any atom is 0.236 e. The van der Waals surface area contributed by atoms with Crippen molar-refractivity contribution < 1.29 is 19.8 Å². The van der Waals surface area contributed by atoms with Gasteiger partial charge in [0, 0.05) is 19.7 Å². The van der Waals surface area contributed by atoms with E-state index in [1.807, 2.05) is 0 Å². The second-order valence-electron chi connectivity index (χ2n) is 4.59. The number of hydrogen-bond acceptors (Lipinski definition) is 5. The Bertz CT molecular complexity index is 486. The van der Waals surface area contributed by atoms with Crippen molar-refractivity contribution in [1.29, 1.82) is 0 Å². The number of amides is 1. The van der Waals surface area contributed by atoms with Crippen LogP contribution in [-0.4, -0.2) is 65.9 Å². The maximum atomic E-state index is 11.9. The Hall–Kier alpha value is -2.08. The van der Waals surface area contributed by atoms with Crippen LogP contribution in [0.15, 0.2) is 18.2 Å². The van der Waals surface area contributed by atoms with Crippen LogP contribution in [-0.2, 0) is 4.79 Å². The third-order valence-corrected chi connectivity index (χ3v) is 2.61. The summed E-state index contributed by atoms with van der Waals surface area (Å²) in [5.41, 5.74) is 0.291. The Morgan fingerprint density at radius 3 is 2.21 bits per heavy atom. The molecule has 1 rings (SSSR count). The SMILES string of the molecule is CN(CC(=O)c1ccc(O)c(O)c1)CC(=O)N(C)C. The predicted octanol–water partition coefficient (Wildman–Crippen LogP) is 0.300. The van der Waals surface area contributed by atoms with Gasteiger partial charge < -0.3 is 15.1 Å². The summed E-state index contributed by atoms with van der Waals surface area (Å²) in [4.78, 5) is 26.4. The molecule has 0 aliphatic rings. The molecule has 2 N–H and O–H groups in total. The highest BCUT2D eigenvalue weighted by molar-refractivity contribution is 5.98. The van der Waals surface area contributed by atoms with Gasteiger partial charge in [-0.3, -0.25) is 14.5 Å². The van der Waals surface area contributed by atoms with E-state index >= 15 is 0 Å². The van der Waals surface area contributed by atoms with Crippen molar-refractivity contribution in [3.63, 3.8) is 0 Å². The Balaban J connectivity index is 2.64. The number of carbonyl (C=O) groups is 2. The molecule has 0 aliphatic heterocycles. The Morgan fingerprint density at radius 2 is 1.68 bits per heavy atom. The van der Waals surface area contributed by atoms with E-state index in [4.69, 9.17) is 5.11 Å². The molecule has 0 bridgehead atoms. The van der Waals surface area contributed by atoms with Gasteiger partial charge in [-0.2, -0.15) is 0 Å². The summed E-state index contributed by atoms with van der Waals surface area (Å²) in [5.74, 6) is -0.932. The van der Waals surface area contributed by atoms with Gasteiger partial charge in [0.25, 0.3) is 0 Å². The number of ketones is 1. The van der Waals surface area contributed by atoms with Crippen molar-refractivity contribution in [3.05, 3.63) is 23.8 Å². The molecular formula is C13H18N2O4. The van der Waals surface area contributed by atoms with Crippen molar-refractivity contribution in [2.75, 3.05) is 34.2 Å². The molecule has 6 heteroatoms. The van der Waals surface area contributed by atoms with Crippen molar-refractivity contribution in [2.45, 2.75) is 0 Å². The lowest BCUT2D eigenvalue weighted by Crippen LogP contribution is -2.36. The Labute approximate surface area is 111 Å². The fourth-order valence-corrected chi connectivity index (χ4v) is 1.46. The Kier molecular flexibility index (Phi) is 4.88. The average Bonchev–Trinajstić information content (AvgIpc) is 2.32. The molecule has 0 fully saturated rings. The van der Waals surface area contributed by atoms with E-state index in [2.05, 4.69) is 0 Å². The van der Waals surface area contributed by atoms with Gasteiger partial charge in [0.2, 0.25) is 5.91 Å². The summed E-state index contributed by atoms with van der Waals surface area (Å²) < 4.78 is 0. The standard InChI is InChI=1S/C13H18N2O4/c1-14(2)13(19)8-15(3)7-12(18)9-4-5-10(16)11(17)6-9/h4-6,16-17H,7-8H2,1-3H3. The lowest BCUT2D eigenvalue weighted by molar-refractivity contribution is -0.129. The van der Waals surface area contributed by atoms with Crippen molar-refractivity contribution in [2.24, 2.45) is 0 Å². The molecule has 0 aromatic heterocycles. The van der Waals surface area contributed by atoms with Gasteiger partial charge in [0.15, 0.2) is 17.3 Å². The molecule has 6 nitrogen and oxygen atoms in total. The molecule has 104 valence electrons. The highest BCUT2D eigenvalue weighted by Gasteiger charge is 2.14. The van der Waals surface area contributed by atoms with Gasteiger partial charge in [-0.25, -0.2) is 0 Å². The first-order valence-electron chi connectivity index (χ1n) is 5.75. The van der Waals surface area contributed by atoms with Gasteiger partial charge in [-0.1, -0.05) is 0 Å². The van der Waals surface area contributed by atoms with Crippen LogP contribution in [0, 0.1) is 0 Å². The van der Waals surface area contributed by atoms with Gasteiger partial charge in [0.05, 0.1) is 13.1 Å². The van der Waals surface area contributed by atoms with E-state index in [0.29, 0.717) is 5.56 Å². The summed E-state index contributed by atoms with van der Waals surface area (Å²) in [6, 6.07) is 3.89. The minimum Gasteiger partial charge on any atom is -0.504 e. The second-order valence-corrected chi connectivity index (χ2v) is 4.59. The monoisotopic (exact) mass is 266 g/mol. The Morgan fingerprint density at radius 1 is 1.05 bits per heavy atom. The van der Waals surface area contributed by atoms with E-state index in [0.717, 1.165) is 0 Å². The summed E-state index contributed by atoms with van der Waals surface area (Å²) in [5, 5.41) is 18.5. The third kappa shape index (κ3) is 4.26. The number of hydrogen-bond donors (Lipinski definition) is 2. The van der Waals surface area contributed by atoms with Crippen LogP contribution in [0.2, 0.25) is 0 Å². The van der Waals surface area contributed by atoms with Gasteiger partial charge in [-0.15, -0.1) is 0 Å². The molecular weight excluding hydrogens is 248 g/mol. The fraction of sp³-hybridized carbons (Fsp3) is 0.385. The molecule has 0 aliphatic carbocycles. The molecule has 0 saturated carbocycles. The molecule has 1 aromatic carbocycles. The van der Waals surface area contributed by atoms with Gasteiger partial charge in [0.1, 0.15) is 0 Å². The van der Waals surface area contributed by atoms with Gasteiger partial charge in [-0.05, 0) is 25.2 Å². The first-order valence-corrected chi connectivity index (χ1v) is 5.75. The van der Waals surface area contributed by atoms with E-state index in [9.17, 15) is 14.7 Å². The minimum atomic E-state index is -0.335. The lowest BCUT2D eigenvalue weighted by atomic mass is 10.1. The number of rotatable bonds is 5. The van der Waals surface area contributed by atoms with Crippen LogP contribution in [0.1, 0.15) is 10.4 Å². The molecule has 0 saturated heterocycles. The van der Waals surface area contributed by atoms with Crippen molar-refractivity contribution >= 4 is 11.7 Å². The molecule has 0 spiro atoms. The first-order chi connectivity index (χ1) is 8.81. The number of carbonyl (C=O) groups excluding carboxylic acids is 2. The zero-order chi connectivity index (χ0) is 14.6. The molecule has 0 unspecified atom stereocenters. The number of benzene rings is 1. The van der Waals surface area contributed by atoms with E-state index in [1.54, 1.807) is 26.0 Å². The molecule has 0 heterocycles. The summed E-state index contributed by atoms with van der Waals surface area (Å²) in [7, 11) is 4.96. The summed E-state index contributed by atoms with van der Waals surface area (Å²) in [6.45, 7) is 0.201. The van der Waals surface area contributed by atoms with E-state index < -0.39 is 0 Å². The van der Waals surface area contributed by atoms with E-state index in [1.165, 1.54) is 23.1 Å². The molecule has 1 aromatic rings. The van der Waals surface area contributed by atoms with Gasteiger partial charge >= 0.3 is 0 Å². The van der Waals surface area contributed by atoms with Crippen molar-refractivity contribution in [1.82, 2.24) is 9.80 Å². The smallest absolute Gasteiger partial charge is 0.236 e. The number of phenolic OH excluding ortho intramolecular Hbond substituents is 2. The largest absolute Gasteiger partial charge is 0.504 e. The lowest BCUT2D eigenvalue weighted by Gasteiger charge is -2.18. The van der Waals surface area contributed by atoms with E-state index in [-0.39, 0.29) is 36.3 Å². The molecule has 19 heavy (non-hydrogen) atoms.